The number of rotatable bonds is 4. The van der Waals surface area contributed by atoms with Gasteiger partial charge in [0.1, 0.15) is 5.82 Å². The maximum absolute atomic E-state index is 13.3. The van der Waals surface area contributed by atoms with Crippen LogP contribution in [-0.4, -0.2) is 17.8 Å². The van der Waals surface area contributed by atoms with Crippen molar-refractivity contribution in [1.29, 1.82) is 0 Å². The molecule has 1 aromatic carbocycles. The van der Waals surface area contributed by atoms with Gasteiger partial charge in [0, 0.05) is 11.6 Å². The summed E-state index contributed by atoms with van der Waals surface area (Å²) in [6.45, 7) is 3.83. The fourth-order valence-corrected chi connectivity index (χ4v) is 1.40. The van der Waals surface area contributed by atoms with Crippen LogP contribution in [0, 0.1) is 5.82 Å². The van der Waals surface area contributed by atoms with Crippen LogP contribution in [0.25, 0.3) is 0 Å². The van der Waals surface area contributed by atoms with Crippen molar-refractivity contribution in [1.82, 2.24) is 5.32 Å². The lowest BCUT2D eigenvalue weighted by molar-refractivity contribution is 0.234. The summed E-state index contributed by atoms with van der Waals surface area (Å²) in [5.41, 5.74) is 0.517. The third-order valence-corrected chi connectivity index (χ3v) is 2.00. The number of hydrogen-bond donors (Lipinski definition) is 2. The quantitative estimate of drug-likeness (QED) is 0.772. The van der Waals surface area contributed by atoms with Crippen LogP contribution >= 0.6 is 0 Å². The van der Waals surface area contributed by atoms with Crippen molar-refractivity contribution in [3.8, 4) is 0 Å². The molecule has 1 atom stereocenters. The van der Waals surface area contributed by atoms with Gasteiger partial charge in [0.25, 0.3) is 0 Å². The van der Waals surface area contributed by atoms with Crippen LogP contribution in [0.4, 0.5) is 4.39 Å². The summed E-state index contributed by atoms with van der Waals surface area (Å²) in [6.07, 6.45) is 0. The highest BCUT2D eigenvalue weighted by Gasteiger charge is 2.14. The Bertz CT molecular complexity index is 288. The van der Waals surface area contributed by atoms with E-state index in [9.17, 15) is 4.39 Å². The summed E-state index contributed by atoms with van der Waals surface area (Å²) in [5.74, 6) is -0.278. The van der Waals surface area contributed by atoms with Gasteiger partial charge in [0.15, 0.2) is 0 Å². The molecule has 0 spiro atoms. The minimum absolute atomic E-state index is 0.0981. The standard InChI is InChI=1S/C11H16FNO/c1-8(2)13-11(7-14)9-5-3-4-6-10(9)12/h3-6,8,11,13-14H,7H2,1-2H3. The van der Waals surface area contributed by atoms with E-state index in [-0.39, 0.29) is 24.5 Å². The Kier molecular flexibility index (Phi) is 4.04. The van der Waals surface area contributed by atoms with Crippen molar-refractivity contribution in [2.75, 3.05) is 6.61 Å². The van der Waals surface area contributed by atoms with Crippen LogP contribution in [0.2, 0.25) is 0 Å². The molecule has 0 aromatic heterocycles. The van der Waals surface area contributed by atoms with E-state index in [0.29, 0.717) is 5.56 Å². The van der Waals surface area contributed by atoms with E-state index in [4.69, 9.17) is 5.11 Å². The Labute approximate surface area is 83.8 Å². The minimum atomic E-state index is -0.323. The molecule has 0 aliphatic carbocycles. The first kappa shape index (κ1) is 11.1. The fourth-order valence-electron chi connectivity index (χ4n) is 1.40. The highest BCUT2D eigenvalue weighted by molar-refractivity contribution is 5.21. The monoisotopic (exact) mass is 197 g/mol. The summed E-state index contributed by atoms with van der Waals surface area (Å²) in [7, 11) is 0. The second kappa shape index (κ2) is 5.08. The first-order valence-electron chi connectivity index (χ1n) is 4.76. The Balaban J connectivity index is 2.83. The number of nitrogens with one attached hydrogen (secondary N) is 1. The first-order chi connectivity index (χ1) is 6.65. The Morgan fingerprint density at radius 3 is 2.50 bits per heavy atom. The molecule has 1 unspecified atom stereocenters. The second-order valence-corrected chi connectivity index (χ2v) is 3.58. The summed E-state index contributed by atoms with van der Waals surface area (Å²) in [4.78, 5) is 0. The third kappa shape index (κ3) is 2.79. The fraction of sp³-hybridized carbons (Fsp3) is 0.455. The molecular weight excluding hydrogens is 181 g/mol. The molecule has 0 aliphatic rings. The van der Waals surface area contributed by atoms with Gasteiger partial charge in [0.2, 0.25) is 0 Å². The largest absolute Gasteiger partial charge is 0.394 e. The topological polar surface area (TPSA) is 32.3 Å². The van der Waals surface area contributed by atoms with E-state index in [2.05, 4.69) is 5.32 Å². The number of hydrogen-bond acceptors (Lipinski definition) is 2. The van der Waals surface area contributed by atoms with E-state index in [1.807, 2.05) is 13.8 Å². The van der Waals surface area contributed by atoms with Gasteiger partial charge in [0.05, 0.1) is 12.6 Å². The molecule has 0 fully saturated rings. The summed E-state index contributed by atoms with van der Waals surface area (Å²) in [6, 6.07) is 6.39. The molecular formula is C11H16FNO. The van der Waals surface area contributed by atoms with Crippen LogP contribution in [0.15, 0.2) is 24.3 Å². The minimum Gasteiger partial charge on any atom is -0.394 e. The lowest BCUT2D eigenvalue weighted by Gasteiger charge is -2.19. The third-order valence-electron chi connectivity index (χ3n) is 2.00. The predicted octanol–water partition coefficient (Wildman–Crippen LogP) is 1.86. The van der Waals surface area contributed by atoms with Crippen molar-refractivity contribution in [3.05, 3.63) is 35.6 Å². The molecule has 1 rings (SSSR count). The number of aliphatic hydroxyl groups excluding tert-OH is 1. The zero-order valence-corrected chi connectivity index (χ0v) is 8.50. The lowest BCUT2D eigenvalue weighted by atomic mass is 10.1. The van der Waals surface area contributed by atoms with Crippen molar-refractivity contribution < 1.29 is 9.50 Å². The second-order valence-electron chi connectivity index (χ2n) is 3.58. The molecule has 78 valence electrons. The Morgan fingerprint density at radius 2 is 2.00 bits per heavy atom. The van der Waals surface area contributed by atoms with Gasteiger partial charge < -0.3 is 10.4 Å². The van der Waals surface area contributed by atoms with E-state index in [1.165, 1.54) is 6.07 Å². The van der Waals surface area contributed by atoms with E-state index < -0.39 is 0 Å². The highest BCUT2D eigenvalue weighted by atomic mass is 19.1. The zero-order chi connectivity index (χ0) is 10.6. The van der Waals surface area contributed by atoms with Crippen LogP contribution in [0.3, 0.4) is 0 Å². The van der Waals surface area contributed by atoms with Crippen molar-refractivity contribution in [2.24, 2.45) is 0 Å². The summed E-state index contributed by atoms with van der Waals surface area (Å²) in [5, 5.41) is 12.2. The maximum Gasteiger partial charge on any atom is 0.128 e. The van der Waals surface area contributed by atoms with Gasteiger partial charge >= 0.3 is 0 Å². The molecule has 0 bridgehead atoms. The number of aliphatic hydroxyl groups is 1. The lowest BCUT2D eigenvalue weighted by Crippen LogP contribution is -2.31. The molecule has 0 heterocycles. The van der Waals surface area contributed by atoms with Crippen molar-refractivity contribution in [2.45, 2.75) is 25.9 Å². The maximum atomic E-state index is 13.3. The highest BCUT2D eigenvalue weighted by Crippen LogP contribution is 2.16. The molecule has 0 saturated carbocycles. The molecule has 0 amide bonds. The smallest absolute Gasteiger partial charge is 0.128 e. The van der Waals surface area contributed by atoms with Gasteiger partial charge in [-0.1, -0.05) is 32.0 Å². The van der Waals surface area contributed by atoms with E-state index in [0.717, 1.165) is 0 Å². The Hall–Kier alpha value is -0.930. The van der Waals surface area contributed by atoms with Crippen LogP contribution in [0.5, 0.6) is 0 Å². The van der Waals surface area contributed by atoms with Gasteiger partial charge in [-0.2, -0.15) is 0 Å². The number of benzene rings is 1. The van der Waals surface area contributed by atoms with Gasteiger partial charge in [-0.25, -0.2) is 4.39 Å². The molecule has 0 saturated heterocycles. The zero-order valence-electron chi connectivity index (χ0n) is 8.50. The molecule has 14 heavy (non-hydrogen) atoms. The average molecular weight is 197 g/mol. The predicted molar refractivity (Wildman–Crippen MR) is 54.5 cm³/mol. The molecule has 0 radical (unpaired) electrons. The average Bonchev–Trinajstić information content (AvgIpc) is 2.15. The molecule has 2 N–H and O–H groups in total. The van der Waals surface area contributed by atoms with Crippen LogP contribution < -0.4 is 5.32 Å². The van der Waals surface area contributed by atoms with Crippen LogP contribution in [0.1, 0.15) is 25.5 Å². The van der Waals surface area contributed by atoms with Gasteiger partial charge in [-0.3, -0.25) is 0 Å². The molecule has 0 aliphatic heterocycles. The summed E-state index contributed by atoms with van der Waals surface area (Å²) < 4.78 is 13.3. The van der Waals surface area contributed by atoms with Crippen molar-refractivity contribution >= 4 is 0 Å². The Morgan fingerprint density at radius 1 is 1.36 bits per heavy atom. The molecule has 2 nitrogen and oxygen atoms in total. The molecule has 3 heteroatoms. The summed E-state index contributed by atoms with van der Waals surface area (Å²) >= 11 is 0. The van der Waals surface area contributed by atoms with Crippen LogP contribution in [-0.2, 0) is 0 Å². The number of halogens is 1. The van der Waals surface area contributed by atoms with E-state index in [1.54, 1.807) is 18.2 Å². The normalized spacial score (nSPS) is 13.2. The van der Waals surface area contributed by atoms with E-state index >= 15 is 0 Å². The SMILES string of the molecule is CC(C)NC(CO)c1ccccc1F. The molecule has 1 aromatic rings. The van der Waals surface area contributed by atoms with Gasteiger partial charge in [-0.15, -0.1) is 0 Å². The van der Waals surface area contributed by atoms with Crippen molar-refractivity contribution in [3.63, 3.8) is 0 Å². The van der Waals surface area contributed by atoms with Gasteiger partial charge in [-0.05, 0) is 6.07 Å². The first-order valence-corrected chi connectivity index (χ1v) is 4.76.